The summed E-state index contributed by atoms with van der Waals surface area (Å²) in [4.78, 5) is 11.9. The predicted octanol–water partition coefficient (Wildman–Crippen LogP) is 4.32. The maximum absolute atomic E-state index is 11.9. The van der Waals surface area contributed by atoms with Crippen molar-refractivity contribution in [3.05, 3.63) is 12.2 Å². The van der Waals surface area contributed by atoms with E-state index in [1.165, 1.54) is 12.8 Å². The highest BCUT2D eigenvalue weighted by Crippen LogP contribution is 2.66. The summed E-state index contributed by atoms with van der Waals surface area (Å²) in [5.41, 5.74) is 0.741. The Hall–Kier alpha value is -0.830. The Balaban J connectivity index is 1.86. The van der Waals surface area contributed by atoms with Crippen molar-refractivity contribution in [1.82, 2.24) is 0 Å². The van der Waals surface area contributed by atoms with Crippen LogP contribution in [0.25, 0.3) is 0 Å². The van der Waals surface area contributed by atoms with E-state index in [0.717, 1.165) is 12.3 Å². The number of carbonyl (C=O) groups excluding carboxylic acids is 1. The fraction of sp³-hybridized carbons (Fsp3) is 0.833. The molecule has 3 unspecified atom stereocenters. The number of hydrogen-bond donors (Lipinski definition) is 0. The largest absolute Gasteiger partial charge is 0.435 e. The fourth-order valence-electron chi connectivity index (χ4n) is 3.95. The zero-order valence-corrected chi connectivity index (χ0v) is 14.4. The highest BCUT2D eigenvalue weighted by molar-refractivity contribution is 5.88. The van der Waals surface area contributed by atoms with Crippen LogP contribution in [-0.2, 0) is 14.3 Å². The third-order valence-corrected chi connectivity index (χ3v) is 6.32. The minimum Gasteiger partial charge on any atom is -0.435 e. The molecule has 2 rings (SSSR count). The molecule has 3 atom stereocenters. The van der Waals surface area contributed by atoms with Gasteiger partial charge in [0.25, 0.3) is 0 Å². The van der Waals surface area contributed by atoms with Crippen LogP contribution in [0, 0.1) is 22.2 Å². The summed E-state index contributed by atoms with van der Waals surface area (Å²) in [6.45, 7) is 16.7. The van der Waals surface area contributed by atoms with Crippen LogP contribution >= 0.6 is 0 Å². The molecule has 3 nitrogen and oxygen atoms in total. The Labute approximate surface area is 129 Å². The molecule has 0 heterocycles. The van der Waals surface area contributed by atoms with E-state index in [4.69, 9.17) is 9.47 Å². The van der Waals surface area contributed by atoms with Crippen molar-refractivity contribution in [3.63, 3.8) is 0 Å². The molecule has 120 valence electrons. The molecule has 2 aliphatic rings. The average Bonchev–Trinajstić information content (AvgIpc) is 2.69. The topological polar surface area (TPSA) is 35.5 Å². The lowest BCUT2D eigenvalue weighted by Gasteiger charge is -2.38. The Morgan fingerprint density at radius 1 is 1.29 bits per heavy atom. The third-order valence-electron chi connectivity index (χ3n) is 6.32. The summed E-state index contributed by atoms with van der Waals surface area (Å²) in [7, 11) is 0. The van der Waals surface area contributed by atoms with Crippen molar-refractivity contribution in [1.29, 1.82) is 0 Å². The smallest absolute Gasteiger partial charge is 0.336 e. The Morgan fingerprint density at radius 2 is 1.90 bits per heavy atom. The monoisotopic (exact) mass is 294 g/mol. The molecular formula is C18H30O3. The molecule has 0 amide bonds. The number of carbonyl (C=O) groups is 1. The van der Waals surface area contributed by atoms with Gasteiger partial charge in [-0.1, -0.05) is 48.1 Å². The van der Waals surface area contributed by atoms with Gasteiger partial charge in [0.15, 0.2) is 6.79 Å². The van der Waals surface area contributed by atoms with E-state index in [2.05, 4.69) is 27.4 Å². The van der Waals surface area contributed by atoms with Crippen LogP contribution in [0.3, 0.4) is 0 Å². The van der Waals surface area contributed by atoms with Gasteiger partial charge in [0.2, 0.25) is 0 Å². The average molecular weight is 294 g/mol. The van der Waals surface area contributed by atoms with Crippen LogP contribution in [0.1, 0.15) is 60.8 Å². The molecule has 0 spiro atoms. The second-order valence-electron chi connectivity index (χ2n) is 8.54. The predicted molar refractivity (Wildman–Crippen MR) is 83.7 cm³/mol. The van der Waals surface area contributed by atoms with E-state index in [0.29, 0.717) is 11.0 Å². The summed E-state index contributed by atoms with van der Waals surface area (Å²) in [6, 6.07) is 0. The van der Waals surface area contributed by atoms with Crippen LogP contribution in [0.2, 0.25) is 0 Å². The molecule has 3 heteroatoms. The summed E-state index contributed by atoms with van der Waals surface area (Å²) in [6.07, 6.45) is 3.78. The molecule has 2 fully saturated rings. The second-order valence-corrected chi connectivity index (χ2v) is 8.54. The van der Waals surface area contributed by atoms with Gasteiger partial charge in [-0.3, -0.25) is 0 Å². The molecule has 0 N–H and O–H groups in total. The first kappa shape index (κ1) is 16.5. The van der Waals surface area contributed by atoms with E-state index in [-0.39, 0.29) is 29.7 Å². The zero-order chi connectivity index (χ0) is 16.1. The number of esters is 1. The van der Waals surface area contributed by atoms with Gasteiger partial charge in [-0.2, -0.15) is 0 Å². The summed E-state index contributed by atoms with van der Waals surface area (Å²) in [5, 5.41) is 0. The van der Waals surface area contributed by atoms with E-state index < -0.39 is 0 Å². The standard InChI is InChI=1S/C18H30O3/c1-12(16(2,3)4)15(19)21-11-20-14-10-13-8-9-18(14,7)17(13,5)6/h13-14H,1,8-11H2,2-7H3. The van der Waals surface area contributed by atoms with Gasteiger partial charge in [0.1, 0.15) is 0 Å². The molecule has 0 aromatic carbocycles. The second kappa shape index (κ2) is 5.12. The molecule has 21 heavy (non-hydrogen) atoms. The number of fused-ring (bicyclic) bond motifs is 2. The SMILES string of the molecule is C=C(C(=O)OCOC1CC2CCC1(C)C2(C)C)C(C)(C)C. The third kappa shape index (κ3) is 2.65. The molecule has 0 saturated heterocycles. The maximum atomic E-state index is 11.9. The van der Waals surface area contributed by atoms with Gasteiger partial charge < -0.3 is 9.47 Å². The minimum atomic E-state index is -0.352. The van der Waals surface area contributed by atoms with Gasteiger partial charge in [-0.05, 0) is 41.4 Å². The highest BCUT2D eigenvalue weighted by Gasteiger charge is 2.61. The first-order valence-corrected chi connectivity index (χ1v) is 7.98. The lowest BCUT2D eigenvalue weighted by Crippen LogP contribution is -2.37. The first-order valence-electron chi connectivity index (χ1n) is 7.98. The van der Waals surface area contributed by atoms with E-state index >= 15 is 0 Å². The van der Waals surface area contributed by atoms with E-state index in [1.54, 1.807) is 0 Å². The fourth-order valence-corrected chi connectivity index (χ4v) is 3.95. The molecule has 0 aromatic rings. The van der Waals surface area contributed by atoms with Crippen LogP contribution in [0.15, 0.2) is 12.2 Å². The van der Waals surface area contributed by atoms with Crippen LogP contribution in [0.4, 0.5) is 0 Å². The molecule has 2 bridgehead atoms. The minimum absolute atomic E-state index is 0.0387. The van der Waals surface area contributed by atoms with Crippen molar-refractivity contribution < 1.29 is 14.3 Å². The van der Waals surface area contributed by atoms with Gasteiger partial charge in [0, 0.05) is 5.57 Å². The quantitative estimate of drug-likeness (QED) is 0.440. The number of rotatable bonds is 4. The van der Waals surface area contributed by atoms with Crippen molar-refractivity contribution in [2.45, 2.75) is 66.9 Å². The van der Waals surface area contributed by atoms with Crippen molar-refractivity contribution in [2.24, 2.45) is 22.2 Å². The Bertz CT molecular complexity index is 444. The molecular weight excluding hydrogens is 264 g/mol. The number of hydrogen-bond acceptors (Lipinski definition) is 3. The van der Waals surface area contributed by atoms with Crippen molar-refractivity contribution in [3.8, 4) is 0 Å². The molecule has 0 aliphatic heterocycles. The van der Waals surface area contributed by atoms with Crippen molar-refractivity contribution in [2.75, 3.05) is 6.79 Å². The van der Waals surface area contributed by atoms with Crippen LogP contribution < -0.4 is 0 Å². The highest BCUT2D eigenvalue weighted by atomic mass is 16.7. The van der Waals surface area contributed by atoms with Crippen LogP contribution in [0.5, 0.6) is 0 Å². The molecule has 2 aliphatic carbocycles. The van der Waals surface area contributed by atoms with Crippen LogP contribution in [-0.4, -0.2) is 18.9 Å². The molecule has 0 radical (unpaired) electrons. The lowest BCUT2D eigenvalue weighted by atomic mass is 9.70. The Morgan fingerprint density at radius 3 is 2.33 bits per heavy atom. The summed E-state index contributed by atoms with van der Waals surface area (Å²) >= 11 is 0. The summed E-state index contributed by atoms with van der Waals surface area (Å²) in [5.74, 6) is 0.378. The van der Waals surface area contributed by atoms with Crippen molar-refractivity contribution >= 4 is 5.97 Å². The van der Waals surface area contributed by atoms with Gasteiger partial charge in [-0.25, -0.2) is 4.79 Å². The summed E-state index contributed by atoms with van der Waals surface area (Å²) < 4.78 is 11.2. The molecule has 2 saturated carbocycles. The normalized spacial score (nSPS) is 34.0. The van der Waals surface area contributed by atoms with Gasteiger partial charge in [0.05, 0.1) is 6.10 Å². The van der Waals surface area contributed by atoms with E-state index in [1.807, 2.05) is 20.8 Å². The zero-order valence-electron chi connectivity index (χ0n) is 14.4. The Kier molecular flexibility index (Phi) is 4.03. The number of ether oxygens (including phenoxy) is 2. The van der Waals surface area contributed by atoms with E-state index in [9.17, 15) is 4.79 Å². The lowest BCUT2D eigenvalue weighted by molar-refractivity contribution is -0.165. The molecule has 0 aromatic heterocycles. The first-order chi connectivity index (χ1) is 9.50. The van der Waals surface area contributed by atoms with Gasteiger partial charge in [-0.15, -0.1) is 0 Å². The maximum Gasteiger partial charge on any atom is 0.336 e. The van der Waals surface area contributed by atoms with Gasteiger partial charge >= 0.3 is 5.97 Å².